The molecule has 0 amide bonds. The first-order valence-corrected chi connectivity index (χ1v) is 6.26. The Morgan fingerprint density at radius 2 is 2.27 bits per heavy atom. The van der Waals surface area contributed by atoms with E-state index in [-0.39, 0.29) is 1.43 Å². The summed E-state index contributed by atoms with van der Waals surface area (Å²) in [5, 5.41) is 3.19. The Balaban J connectivity index is 0.00000225. The topological polar surface area (TPSA) is 12.0 Å². The number of hydrogen-bond donors (Lipinski definition) is 1. The van der Waals surface area contributed by atoms with Gasteiger partial charge in [-0.2, -0.15) is 0 Å². The van der Waals surface area contributed by atoms with Crippen LogP contribution in [0.1, 0.15) is 41.0 Å². The molecule has 0 bridgehead atoms. The van der Waals surface area contributed by atoms with Gasteiger partial charge in [-0.05, 0) is 51.1 Å². The summed E-state index contributed by atoms with van der Waals surface area (Å²) in [6.07, 6.45) is 12.2. The molecule has 0 unspecified atom stereocenters. The zero-order chi connectivity index (χ0) is 11.1. The van der Waals surface area contributed by atoms with Gasteiger partial charge >= 0.3 is 0 Å². The van der Waals surface area contributed by atoms with E-state index in [2.05, 4.69) is 37.4 Å². The van der Waals surface area contributed by atoms with E-state index in [1.807, 2.05) is 7.05 Å². The largest absolute Gasteiger partial charge is 0.320 e. The van der Waals surface area contributed by atoms with Crippen molar-refractivity contribution in [2.75, 3.05) is 13.6 Å². The molecule has 15 heavy (non-hydrogen) atoms. The predicted molar refractivity (Wildman–Crippen MR) is 70.1 cm³/mol. The molecule has 1 atom stereocenters. The molecule has 1 heteroatoms. The van der Waals surface area contributed by atoms with Crippen LogP contribution in [-0.2, 0) is 0 Å². The third kappa shape index (κ3) is 4.65. The molecule has 0 aromatic heterocycles. The van der Waals surface area contributed by atoms with Crippen LogP contribution in [0.5, 0.6) is 0 Å². The molecule has 0 aliphatic heterocycles. The molecule has 1 aliphatic rings. The van der Waals surface area contributed by atoms with Crippen LogP contribution in [0.15, 0.2) is 23.8 Å². The number of nitrogens with one attached hydrogen (secondary N) is 1. The summed E-state index contributed by atoms with van der Waals surface area (Å²) in [4.78, 5) is 0. The van der Waals surface area contributed by atoms with Crippen molar-refractivity contribution in [3.63, 3.8) is 0 Å². The van der Waals surface area contributed by atoms with E-state index in [0.29, 0.717) is 0 Å². The third-order valence-electron chi connectivity index (χ3n) is 3.17. The van der Waals surface area contributed by atoms with Gasteiger partial charge in [0, 0.05) is 1.43 Å². The van der Waals surface area contributed by atoms with Crippen LogP contribution in [-0.4, -0.2) is 13.6 Å². The number of rotatable bonds is 6. The van der Waals surface area contributed by atoms with Crippen LogP contribution in [0.4, 0.5) is 0 Å². The summed E-state index contributed by atoms with van der Waals surface area (Å²) < 4.78 is 0. The average Bonchev–Trinajstić information content (AvgIpc) is 2.25. The van der Waals surface area contributed by atoms with E-state index in [1.54, 1.807) is 5.57 Å². The van der Waals surface area contributed by atoms with E-state index < -0.39 is 0 Å². The Labute approximate surface area is 96.1 Å². The maximum Gasteiger partial charge on any atom is 0 e. The van der Waals surface area contributed by atoms with Crippen molar-refractivity contribution < 1.29 is 1.43 Å². The Hall–Kier alpha value is -0.560. The molecule has 0 fully saturated rings. The Bertz CT molecular complexity index is 231. The minimum absolute atomic E-state index is 0. The molecule has 0 radical (unpaired) electrons. The fraction of sp³-hybridized carbons (Fsp3) is 0.714. The normalized spacial score (nSPS) is 20.8. The van der Waals surface area contributed by atoms with Gasteiger partial charge in [0.05, 0.1) is 0 Å². The lowest BCUT2D eigenvalue weighted by atomic mass is 9.86. The van der Waals surface area contributed by atoms with Gasteiger partial charge in [0.25, 0.3) is 0 Å². The predicted octanol–water partition coefficient (Wildman–Crippen LogP) is 3.78. The zero-order valence-electron chi connectivity index (χ0n) is 10.4. The Kier molecular flexibility index (Phi) is 5.70. The van der Waals surface area contributed by atoms with Gasteiger partial charge in [-0.25, -0.2) is 0 Å². The summed E-state index contributed by atoms with van der Waals surface area (Å²) in [5.74, 6) is 1.55. The van der Waals surface area contributed by atoms with Crippen molar-refractivity contribution in [2.24, 2.45) is 11.8 Å². The average molecular weight is 209 g/mol. The first-order chi connectivity index (χ1) is 7.24. The highest BCUT2D eigenvalue weighted by atomic mass is 14.8. The lowest BCUT2D eigenvalue weighted by molar-refractivity contribution is 0.463. The molecule has 0 aromatic carbocycles. The molecule has 1 nitrogen and oxygen atoms in total. The number of hydrogen-bond acceptors (Lipinski definition) is 1. The number of unbranched alkanes of at least 4 members (excludes halogenated alkanes) is 1. The van der Waals surface area contributed by atoms with Crippen molar-refractivity contribution in [3.8, 4) is 0 Å². The minimum Gasteiger partial charge on any atom is -0.320 e. The molecule has 0 aromatic rings. The molecule has 88 valence electrons. The fourth-order valence-corrected chi connectivity index (χ4v) is 2.04. The highest BCUT2D eigenvalue weighted by Gasteiger charge is 2.12. The Morgan fingerprint density at radius 1 is 1.47 bits per heavy atom. The van der Waals surface area contributed by atoms with Crippen molar-refractivity contribution >= 4 is 0 Å². The minimum atomic E-state index is 0. The smallest absolute Gasteiger partial charge is 0 e. The van der Waals surface area contributed by atoms with Gasteiger partial charge in [-0.3, -0.25) is 0 Å². The molecule has 1 aliphatic carbocycles. The monoisotopic (exact) mass is 209 g/mol. The fourth-order valence-electron chi connectivity index (χ4n) is 2.04. The van der Waals surface area contributed by atoms with E-state index in [1.165, 1.54) is 25.7 Å². The maximum atomic E-state index is 3.19. The van der Waals surface area contributed by atoms with Gasteiger partial charge in [0.15, 0.2) is 0 Å². The van der Waals surface area contributed by atoms with Gasteiger partial charge in [0.2, 0.25) is 0 Å². The van der Waals surface area contributed by atoms with Gasteiger partial charge < -0.3 is 5.32 Å². The molecule has 1 rings (SSSR count). The first kappa shape index (κ1) is 12.5. The lowest BCUT2D eigenvalue weighted by Gasteiger charge is -2.20. The molecule has 1 N–H and O–H groups in total. The van der Waals surface area contributed by atoms with E-state index >= 15 is 0 Å². The van der Waals surface area contributed by atoms with Crippen LogP contribution in [0.3, 0.4) is 0 Å². The summed E-state index contributed by atoms with van der Waals surface area (Å²) >= 11 is 0. The zero-order valence-corrected chi connectivity index (χ0v) is 10.4. The second-order valence-electron chi connectivity index (χ2n) is 4.85. The summed E-state index contributed by atoms with van der Waals surface area (Å²) in [6.45, 7) is 5.78. The first-order valence-electron chi connectivity index (χ1n) is 6.26. The quantitative estimate of drug-likeness (QED) is 0.656. The molecular weight excluding hydrogens is 182 g/mol. The van der Waals surface area contributed by atoms with Gasteiger partial charge in [-0.1, -0.05) is 37.6 Å². The summed E-state index contributed by atoms with van der Waals surface area (Å²) in [5.41, 5.74) is 1.55. The molecule has 0 spiro atoms. The summed E-state index contributed by atoms with van der Waals surface area (Å²) in [6, 6.07) is 0. The number of allylic oxidation sites excluding steroid dienone is 4. The van der Waals surface area contributed by atoms with Crippen LogP contribution >= 0.6 is 0 Å². The second-order valence-corrected chi connectivity index (χ2v) is 4.85. The van der Waals surface area contributed by atoms with Crippen molar-refractivity contribution in [1.82, 2.24) is 5.32 Å². The van der Waals surface area contributed by atoms with E-state index in [9.17, 15) is 0 Å². The third-order valence-corrected chi connectivity index (χ3v) is 3.17. The maximum absolute atomic E-state index is 3.19. The SMILES string of the molecule is CNCCCCC1=C[C@@H](C(C)C)CC=C1.[HH]. The highest BCUT2D eigenvalue weighted by molar-refractivity contribution is 5.24. The van der Waals surface area contributed by atoms with Crippen LogP contribution in [0.25, 0.3) is 0 Å². The molecule has 0 saturated heterocycles. The second kappa shape index (κ2) is 6.84. The van der Waals surface area contributed by atoms with Gasteiger partial charge in [0.1, 0.15) is 0 Å². The molecule has 0 heterocycles. The molecule has 0 saturated carbocycles. The van der Waals surface area contributed by atoms with E-state index in [4.69, 9.17) is 0 Å². The lowest BCUT2D eigenvalue weighted by Crippen LogP contribution is -2.09. The van der Waals surface area contributed by atoms with E-state index in [0.717, 1.165) is 18.4 Å². The Morgan fingerprint density at radius 3 is 2.93 bits per heavy atom. The van der Waals surface area contributed by atoms with Crippen molar-refractivity contribution in [3.05, 3.63) is 23.8 Å². The van der Waals surface area contributed by atoms with Crippen LogP contribution in [0.2, 0.25) is 0 Å². The van der Waals surface area contributed by atoms with Crippen LogP contribution in [0, 0.1) is 11.8 Å². The molecular formula is C14H27N. The highest BCUT2D eigenvalue weighted by Crippen LogP contribution is 2.25. The van der Waals surface area contributed by atoms with Crippen LogP contribution < -0.4 is 5.32 Å². The van der Waals surface area contributed by atoms with Gasteiger partial charge in [-0.15, -0.1) is 0 Å². The van der Waals surface area contributed by atoms with Crippen molar-refractivity contribution in [2.45, 2.75) is 39.5 Å². The van der Waals surface area contributed by atoms with Crippen molar-refractivity contribution in [1.29, 1.82) is 0 Å². The standard InChI is InChI=1S/C14H25N.H2/c1-12(2)14-9-6-8-13(11-14)7-4-5-10-15-3;/h6,8,11-12,14-15H,4-5,7,9-10H2,1-3H3;1H/t14-;/m0./s1. The summed E-state index contributed by atoms with van der Waals surface area (Å²) in [7, 11) is 2.02.